The zero-order chi connectivity index (χ0) is 15.6. The van der Waals surface area contributed by atoms with Crippen molar-refractivity contribution >= 4 is 35.9 Å². The molecule has 1 atom stereocenters. The first kappa shape index (κ1) is 19.6. The topological polar surface area (TPSA) is 54.2 Å². The van der Waals surface area contributed by atoms with Gasteiger partial charge in [0, 0.05) is 44.1 Å². The Morgan fingerprint density at radius 2 is 2.16 bits per heavy atom. The van der Waals surface area contributed by atoms with Gasteiger partial charge in [-0.25, -0.2) is 9.37 Å². The fraction of sp³-hybridized carbons (Fsp3) is 0.294. The molecule has 1 aliphatic rings. The van der Waals surface area contributed by atoms with E-state index in [1.54, 1.807) is 12.3 Å². The average molecular weight is 385 g/mol. The molecule has 8 heteroatoms. The number of rotatable bonds is 3. The monoisotopic (exact) mass is 384 g/mol. The van der Waals surface area contributed by atoms with Gasteiger partial charge in [0.2, 0.25) is 5.89 Å². The molecule has 1 aliphatic heterocycles. The van der Waals surface area contributed by atoms with Gasteiger partial charge < -0.3 is 9.73 Å². The maximum absolute atomic E-state index is 13.3. The normalized spacial score (nSPS) is 17.7. The number of piperazine rings is 1. The van der Waals surface area contributed by atoms with E-state index in [4.69, 9.17) is 4.42 Å². The lowest BCUT2D eigenvalue weighted by Gasteiger charge is -2.35. The summed E-state index contributed by atoms with van der Waals surface area (Å²) in [6, 6.07) is 8.67. The molecule has 1 N–H and O–H groups in total. The molecule has 0 bridgehead atoms. The molecule has 0 radical (unpaired) electrons. The molecular weight excluding hydrogens is 366 g/mol. The van der Waals surface area contributed by atoms with E-state index >= 15 is 0 Å². The summed E-state index contributed by atoms with van der Waals surface area (Å²) in [7, 11) is 0. The van der Waals surface area contributed by atoms with Crippen molar-refractivity contribution in [2.24, 2.45) is 0 Å². The van der Waals surface area contributed by atoms with Gasteiger partial charge in [-0.3, -0.25) is 9.88 Å². The molecule has 3 aromatic rings. The number of fused-ring (bicyclic) bond motifs is 1. The Morgan fingerprint density at radius 3 is 2.96 bits per heavy atom. The maximum atomic E-state index is 13.3. The standard InChI is InChI=1S/C17H17FN4O.2ClH/c18-13-3-4-16-14(8-13)21-17(23-16)11-22-7-6-20-10-15(22)12-2-1-5-19-9-12;;/h1-5,8-9,15,20H,6-7,10-11H2;2*1H. The Balaban J connectivity index is 0.00000113. The summed E-state index contributed by atoms with van der Waals surface area (Å²) >= 11 is 0. The van der Waals surface area contributed by atoms with E-state index in [0.29, 0.717) is 23.5 Å². The minimum absolute atomic E-state index is 0. The lowest BCUT2D eigenvalue weighted by atomic mass is 10.1. The first-order chi connectivity index (χ1) is 11.3. The van der Waals surface area contributed by atoms with E-state index in [9.17, 15) is 4.39 Å². The van der Waals surface area contributed by atoms with Crippen molar-refractivity contribution in [3.05, 3.63) is 60.0 Å². The number of pyridine rings is 1. The molecule has 0 spiro atoms. The summed E-state index contributed by atoms with van der Waals surface area (Å²) in [5.41, 5.74) is 2.35. The second-order valence-electron chi connectivity index (χ2n) is 5.70. The van der Waals surface area contributed by atoms with Crippen LogP contribution in [0.2, 0.25) is 0 Å². The van der Waals surface area contributed by atoms with Crippen LogP contribution >= 0.6 is 24.8 Å². The van der Waals surface area contributed by atoms with Gasteiger partial charge in [0.1, 0.15) is 11.3 Å². The lowest BCUT2D eigenvalue weighted by Crippen LogP contribution is -2.45. The van der Waals surface area contributed by atoms with Gasteiger partial charge in [0.15, 0.2) is 5.58 Å². The highest BCUT2D eigenvalue weighted by atomic mass is 35.5. The van der Waals surface area contributed by atoms with Crippen LogP contribution in [-0.4, -0.2) is 34.5 Å². The third kappa shape index (κ3) is 4.27. The largest absolute Gasteiger partial charge is 0.439 e. The SMILES string of the molecule is Cl.Cl.Fc1ccc2oc(CN3CCNCC3c3cccnc3)nc2c1. The molecule has 3 heterocycles. The van der Waals surface area contributed by atoms with Crippen LogP contribution in [0.5, 0.6) is 0 Å². The molecular formula is C17H19Cl2FN4O. The van der Waals surface area contributed by atoms with Crippen molar-refractivity contribution < 1.29 is 8.81 Å². The Kier molecular flexibility index (Phi) is 6.72. The van der Waals surface area contributed by atoms with Gasteiger partial charge in [-0.15, -0.1) is 24.8 Å². The second-order valence-corrected chi connectivity index (χ2v) is 5.70. The lowest BCUT2D eigenvalue weighted by molar-refractivity contribution is 0.141. The third-order valence-corrected chi connectivity index (χ3v) is 4.16. The Hall–Kier alpha value is -1.73. The Labute approximate surface area is 157 Å². The fourth-order valence-electron chi connectivity index (χ4n) is 3.03. The van der Waals surface area contributed by atoms with Crippen LogP contribution in [0.3, 0.4) is 0 Å². The summed E-state index contributed by atoms with van der Waals surface area (Å²) in [5, 5.41) is 3.41. The first-order valence-electron chi connectivity index (χ1n) is 7.69. The van der Waals surface area contributed by atoms with Crippen molar-refractivity contribution in [3.63, 3.8) is 0 Å². The van der Waals surface area contributed by atoms with Crippen LogP contribution in [-0.2, 0) is 6.54 Å². The molecule has 134 valence electrons. The number of benzene rings is 1. The zero-order valence-electron chi connectivity index (χ0n) is 13.4. The predicted octanol–water partition coefficient (Wildman–Crippen LogP) is 3.35. The maximum Gasteiger partial charge on any atom is 0.209 e. The van der Waals surface area contributed by atoms with Crippen molar-refractivity contribution in [1.29, 1.82) is 0 Å². The quantitative estimate of drug-likeness (QED) is 0.750. The summed E-state index contributed by atoms with van der Waals surface area (Å²) in [5.74, 6) is 0.314. The molecule has 4 rings (SSSR count). The average Bonchev–Trinajstić information content (AvgIpc) is 2.97. The highest BCUT2D eigenvalue weighted by Crippen LogP contribution is 2.25. The van der Waals surface area contributed by atoms with Gasteiger partial charge in [0.25, 0.3) is 0 Å². The van der Waals surface area contributed by atoms with Gasteiger partial charge in [-0.05, 0) is 23.8 Å². The molecule has 2 aromatic heterocycles. The molecule has 0 aliphatic carbocycles. The van der Waals surface area contributed by atoms with Crippen molar-refractivity contribution in [1.82, 2.24) is 20.2 Å². The Morgan fingerprint density at radius 1 is 1.28 bits per heavy atom. The summed E-state index contributed by atoms with van der Waals surface area (Å²) in [6.07, 6.45) is 3.67. The van der Waals surface area contributed by atoms with Crippen molar-refractivity contribution in [2.45, 2.75) is 12.6 Å². The molecule has 25 heavy (non-hydrogen) atoms. The van der Waals surface area contributed by atoms with Crippen molar-refractivity contribution in [3.8, 4) is 0 Å². The molecule has 0 amide bonds. The Bertz CT molecular complexity index is 815. The van der Waals surface area contributed by atoms with E-state index in [2.05, 4.69) is 26.3 Å². The zero-order valence-corrected chi connectivity index (χ0v) is 15.0. The smallest absolute Gasteiger partial charge is 0.209 e. The predicted molar refractivity (Wildman–Crippen MR) is 98.7 cm³/mol. The van der Waals surface area contributed by atoms with E-state index in [0.717, 1.165) is 19.6 Å². The highest BCUT2D eigenvalue weighted by Gasteiger charge is 2.25. The molecule has 5 nitrogen and oxygen atoms in total. The summed E-state index contributed by atoms with van der Waals surface area (Å²) < 4.78 is 19.0. The number of halogens is 3. The van der Waals surface area contributed by atoms with E-state index in [1.165, 1.54) is 17.7 Å². The highest BCUT2D eigenvalue weighted by molar-refractivity contribution is 5.85. The third-order valence-electron chi connectivity index (χ3n) is 4.16. The molecule has 0 saturated carbocycles. The second kappa shape index (κ2) is 8.58. The van der Waals surface area contributed by atoms with E-state index in [-0.39, 0.29) is 36.7 Å². The molecule has 1 unspecified atom stereocenters. The van der Waals surface area contributed by atoms with Crippen LogP contribution in [0.4, 0.5) is 4.39 Å². The minimum atomic E-state index is -0.298. The van der Waals surface area contributed by atoms with Gasteiger partial charge in [-0.2, -0.15) is 0 Å². The molecule has 1 saturated heterocycles. The number of oxazole rings is 1. The molecule has 1 fully saturated rings. The van der Waals surface area contributed by atoms with Gasteiger partial charge in [0.05, 0.1) is 6.54 Å². The van der Waals surface area contributed by atoms with E-state index < -0.39 is 0 Å². The minimum Gasteiger partial charge on any atom is -0.439 e. The first-order valence-corrected chi connectivity index (χ1v) is 7.69. The van der Waals surface area contributed by atoms with Gasteiger partial charge in [-0.1, -0.05) is 6.07 Å². The number of nitrogens with one attached hydrogen (secondary N) is 1. The summed E-state index contributed by atoms with van der Waals surface area (Å²) in [6.45, 7) is 3.27. The van der Waals surface area contributed by atoms with Crippen molar-refractivity contribution in [2.75, 3.05) is 19.6 Å². The van der Waals surface area contributed by atoms with Crippen LogP contribution in [0.25, 0.3) is 11.1 Å². The van der Waals surface area contributed by atoms with Crippen LogP contribution in [0.15, 0.2) is 47.1 Å². The number of nitrogens with zero attached hydrogens (tertiary/aromatic N) is 3. The number of hydrogen-bond donors (Lipinski definition) is 1. The fourth-order valence-corrected chi connectivity index (χ4v) is 3.03. The number of aromatic nitrogens is 2. The summed E-state index contributed by atoms with van der Waals surface area (Å²) in [4.78, 5) is 10.9. The molecule has 1 aromatic carbocycles. The van der Waals surface area contributed by atoms with E-state index in [1.807, 2.05) is 12.3 Å². The number of hydrogen-bond acceptors (Lipinski definition) is 5. The van der Waals surface area contributed by atoms with Crippen LogP contribution in [0, 0.1) is 5.82 Å². The van der Waals surface area contributed by atoms with Crippen LogP contribution in [0.1, 0.15) is 17.5 Å². The van der Waals surface area contributed by atoms with Crippen LogP contribution < -0.4 is 5.32 Å². The van der Waals surface area contributed by atoms with Gasteiger partial charge >= 0.3 is 0 Å².